The van der Waals surface area contributed by atoms with Gasteiger partial charge in [-0.25, -0.2) is 0 Å². The molecule has 1 aromatic heterocycles. The monoisotopic (exact) mass is 302 g/mol. The van der Waals surface area contributed by atoms with E-state index in [0.29, 0.717) is 13.0 Å². The van der Waals surface area contributed by atoms with E-state index in [1.165, 1.54) is 16.0 Å². The second kappa shape index (κ2) is 7.96. The van der Waals surface area contributed by atoms with E-state index in [9.17, 15) is 4.79 Å². The van der Waals surface area contributed by atoms with Gasteiger partial charge in [0.2, 0.25) is 5.91 Å². The van der Waals surface area contributed by atoms with Crippen LogP contribution in [-0.2, 0) is 11.2 Å². The third-order valence-corrected chi connectivity index (χ3v) is 4.58. The lowest BCUT2D eigenvalue weighted by molar-refractivity contribution is -0.121. The zero-order valence-electron chi connectivity index (χ0n) is 12.3. The van der Waals surface area contributed by atoms with Crippen molar-refractivity contribution in [3.63, 3.8) is 0 Å². The molecule has 0 bridgehead atoms. The van der Waals surface area contributed by atoms with Crippen molar-refractivity contribution < 1.29 is 4.79 Å². The summed E-state index contributed by atoms with van der Waals surface area (Å²) in [6, 6.07) is 12.4. The second-order valence-corrected chi connectivity index (χ2v) is 6.12. The van der Waals surface area contributed by atoms with Gasteiger partial charge < -0.3 is 11.1 Å². The van der Waals surface area contributed by atoms with Gasteiger partial charge in [-0.1, -0.05) is 30.3 Å². The highest BCUT2D eigenvalue weighted by Gasteiger charge is 2.18. The van der Waals surface area contributed by atoms with Gasteiger partial charge in [-0.15, -0.1) is 11.3 Å². The minimum atomic E-state index is 0.0395. The summed E-state index contributed by atoms with van der Waals surface area (Å²) in [5, 5.41) is 5.24. The Morgan fingerprint density at radius 1 is 1.29 bits per heavy atom. The molecule has 1 unspecified atom stereocenters. The van der Waals surface area contributed by atoms with Crippen LogP contribution in [0.3, 0.4) is 0 Å². The fraction of sp³-hybridized carbons (Fsp3) is 0.353. The first-order chi connectivity index (χ1) is 10.2. The first-order valence-corrected chi connectivity index (χ1v) is 8.16. The molecule has 1 amide bonds. The summed E-state index contributed by atoms with van der Waals surface area (Å²) in [4.78, 5) is 13.3. The number of benzene rings is 1. The summed E-state index contributed by atoms with van der Waals surface area (Å²) in [6.45, 7) is 2.64. The van der Waals surface area contributed by atoms with E-state index in [1.807, 2.05) is 18.2 Å². The Bertz CT molecular complexity index is 565. The van der Waals surface area contributed by atoms with Gasteiger partial charge in [0.1, 0.15) is 0 Å². The second-order valence-electron chi connectivity index (χ2n) is 5.17. The zero-order valence-corrected chi connectivity index (χ0v) is 13.2. The smallest absolute Gasteiger partial charge is 0.220 e. The average molecular weight is 302 g/mol. The number of carbonyl (C=O) groups excluding carboxylic acids is 1. The van der Waals surface area contributed by atoms with Crippen LogP contribution in [0.2, 0.25) is 0 Å². The fourth-order valence-corrected chi connectivity index (χ4v) is 3.31. The average Bonchev–Trinajstić information content (AvgIpc) is 2.91. The van der Waals surface area contributed by atoms with E-state index in [0.717, 1.165) is 12.8 Å². The van der Waals surface area contributed by atoms with Gasteiger partial charge in [-0.05, 0) is 48.9 Å². The third-order valence-electron chi connectivity index (χ3n) is 3.44. The third kappa shape index (κ3) is 4.69. The molecule has 4 heteroatoms. The summed E-state index contributed by atoms with van der Waals surface area (Å²) in [7, 11) is 0. The molecule has 0 fully saturated rings. The summed E-state index contributed by atoms with van der Waals surface area (Å²) in [5.74, 6) is 0.0779. The van der Waals surface area contributed by atoms with E-state index in [4.69, 9.17) is 5.73 Å². The van der Waals surface area contributed by atoms with Gasteiger partial charge in [0.25, 0.3) is 0 Å². The minimum Gasteiger partial charge on any atom is -0.348 e. The van der Waals surface area contributed by atoms with Crippen LogP contribution in [0.25, 0.3) is 0 Å². The number of aryl methyl sites for hydroxylation is 1. The number of nitrogens with one attached hydrogen (secondary N) is 1. The van der Waals surface area contributed by atoms with Crippen LogP contribution in [0.5, 0.6) is 0 Å². The Hall–Kier alpha value is -1.65. The molecule has 0 spiro atoms. The standard InChI is InChI=1S/C17H22N2OS/c1-13-9-11-21-17(13)15(19-16(20)8-5-10-18)12-14-6-3-2-4-7-14/h2-4,6-7,9,11,15H,5,8,10,12,18H2,1H3,(H,19,20). The molecule has 1 heterocycles. The molecule has 0 saturated heterocycles. The highest BCUT2D eigenvalue weighted by atomic mass is 32.1. The van der Waals surface area contributed by atoms with Gasteiger partial charge in [0.05, 0.1) is 6.04 Å². The minimum absolute atomic E-state index is 0.0395. The van der Waals surface area contributed by atoms with Crippen LogP contribution in [0.1, 0.15) is 34.9 Å². The number of nitrogens with two attached hydrogens (primary N) is 1. The Morgan fingerprint density at radius 3 is 2.67 bits per heavy atom. The van der Waals surface area contributed by atoms with E-state index >= 15 is 0 Å². The van der Waals surface area contributed by atoms with Crippen molar-refractivity contribution in [1.82, 2.24) is 5.32 Å². The van der Waals surface area contributed by atoms with Crippen molar-refractivity contribution in [1.29, 1.82) is 0 Å². The molecule has 2 rings (SSSR count). The zero-order chi connectivity index (χ0) is 15.1. The van der Waals surface area contributed by atoms with Crippen molar-refractivity contribution in [3.8, 4) is 0 Å². The predicted molar refractivity (Wildman–Crippen MR) is 88.4 cm³/mol. The highest BCUT2D eigenvalue weighted by Crippen LogP contribution is 2.27. The number of carbonyl (C=O) groups is 1. The molecule has 1 atom stereocenters. The highest BCUT2D eigenvalue weighted by molar-refractivity contribution is 7.10. The maximum Gasteiger partial charge on any atom is 0.220 e. The normalized spacial score (nSPS) is 12.1. The van der Waals surface area contributed by atoms with Crippen LogP contribution in [0.15, 0.2) is 41.8 Å². The lowest BCUT2D eigenvalue weighted by Crippen LogP contribution is -2.30. The number of hydrogen-bond acceptors (Lipinski definition) is 3. The van der Waals surface area contributed by atoms with E-state index in [2.05, 4.69) is 35.8 Å². The largest absolute Gasteiger partial charge is 0.348 e. The molecule has 0 aliphatic carbocycles. The van der Waals surface area contributed by atoms with Crippen LogP contribution in [-0.4, -0.2) is 12.5 Å². The molecule has 3 N–H and O–H groups in total. The van der Waals surface area contributed by atoms with Crippen molar-refractivity contribution in [2.24, 2.45) is 5.73 Å². The molecular weight excluding hydrogens is 280 g/mol. The van der Waals surface area contributed by atoms with Gasteiger partial charge in [0, 0.05) is 11.3 Å². The topological polar surface area (TPSA) is 55.1 Å². The molecule has 2 aromatic rings. The van der Waals surface area contributed by atoms with Gasteiger partial charge >= 0.3 is 0 Å². The van der Waals surface area contributed by atoms with Crippen molar-refractivity contribution in [2.45, 2.75) is 32.2 Å². The van der Waals surface area contributed by atoms with E-state index < -0.39 is 0 Å². The summed E-state index contributed by atoms with van der Waals surface area (Å²) >= 11 is 1.70. The molecule has 0 saturated carbocycles. The van der Waals surface area contributed by atoms with E-state index in [-0.39, 0.29) is 11.9 Å². The molecule has 0 aliphatic heterocycles. The quantitative estimate of drug-likeness (QED) is 0.825. The number of amides is 1. The van der Waals surface area contributed by atoms with Gasteiger partial charge in [-0.3, -0.25) is 4.79 Å². The molecule has 112 valence electrons. The Morgan fingerprint density at radius 2 is 2.05 bits per heavy atom. The first kappa shape index (κ1) is 15.7. The molecule has 0 aliphatic rings. The fourth-order valence-electron chi connectivity index (χ4n) is 2.33. The van der Waals surface area contributed by atoms with Gasteiger partial charge in [0.15, 0.2) is 0 Å². The van der Waals surface area contributed by atoms with Crippen molar-refractivity contribution in [3.05, 3.63) is 57.8 Å². The van der Waals surface area contributed by atoms with Crippen LogP contribution in [0.4, 0.5) is 0 Å². The van der Waals surface area contributed by atoms with Crippen LogP contribution < -0.4 is 11.1 Å². The number of thiophene rings is 1. The Kier molecular flexibility index (Phi) is 5.96. The summed E-state index contributed by atoms with van der Waals surface area (Å²) in [6.07, 6.45) is 2.04. The Balaban J connectivity index is 2.11. The molecule has 21 heavy (non-hydrogen) atoms. The summed E-state index contributed by atoms with van der Waals surface area (Å²) in [5.41, 5.74) is 7.94. The number of hydrogen-bond donors (Lipinski definition) is 2. The SMILES string of the molecule is Cc1ccsc1C(Cc1ccccc1)NC(=O)CCCN. The predicted octanol–water partition coefficient (Wildman–Crippen LogP) is 3.20. The lowest BCUT2D eigenvalue weighted by Gasteiger charge is -2.19. The van der Waals surface area contributed by atoms with Crippen molar-refractivity contribution >= 4 is 17.2 Å². The molecule has 3 nitrogen and oxygen atoms in total. The molecular formula is C17H22N2OS. The maximum absolute atomic E-state index is 12.0. The van der Waals surface area contributed by atoms with Gasteiger partial charge in [-0.2, -0.15) is 0 Å². The molecule has 0 radical (unpaired) electrons. The first-order valence-electron chi connectivity index (χ1n) is 7.28. The van der Waals surface area contributed by atoms with Crippen LogP contribution in [0, 0.1) is 6.92 Å². The maximum atomic E-state index is 12.0. The number of rotatable bonds is 7. The van der Waals surface area contributed by atoms with Crippen molar-refractivity contribution in [2.75, 3.05) is 6.54 Å². The Labute approximate surface area is 130 Å². The summed E-state index contributed by atoms with van der Waals surface area (Å²) < 4.78 is 0. The molecule has 1 aromatic carbocycles. The van der Waals surface area contributed by atoms with Crippen LogP contribution >= 0.6 is 11.3 Å². The van der Waals surface area contributed by atoms with E-state index in [1.54, 1.807) is 11.3 Å². The lowest BCUT2D eigenvalue weighted by atomic mass is 10.0.